The van der Waals surface area contributed by atoms with Crippen molar-refractivity contribution in [3.8, 4) is 0 Å². The van der Waals surface area contributed by atoms with E-state index in [0.717, 1.165) is 92.8 Å². The molecule has 236 valence electrons. The van der Waals surface area contributed by atoms with Gasteiger partial charge in [0.05, 0.1) is 33.9 Å². The minimum atomic E-state index is -1.16. The Labute approximate surface area is 268 Å². The van der Waals surface area contributed by atoms with Crippen molar-refractivity contribution in [1.82, 2.24) is 19.9 Å². The van der Waals surface area contributed by atoms with Gasteiger partial charge in [-0.2, -0.15) is 0 Å². The molecule has 5 aliphatic rings. The topological polar surface area (TPSA) is 132 Å². The molecular formula is C38H40N4O4. The van der Waals surface area contributed by atoms with Crippen LogP contribution in [0.4, 0.5) is 0 Å². The van der Waals surface area contributed by atoms with Crippen molar-refractivity contribution in [1.29, 1.82) is 0 Å². The Morgan fingerprint density at radius 1 is 0.630 bits per heavy atom. The van der Waals surface area contributed by atoms with Gasteiger partial charge >= 0.3 is 11.9 Å². The standard InChI is InChI=1S/C38H40N4O4/c1-7-19-17(5)25-13-31-33-23-11-12-24(36(38(45)46)35(23)37(43)44)34(33)32(42-31)14-26-18(6)20(8-2)28(40-26)16-30-22(10-4)21(9-3)29(41-30)15-27(19)39-25/h13-16,23-24,41-42H,7-12H2,1-6H3,(H,43,44)(H,45,46). The molecule has 0 spiro atoms. The molecule has 3 aromatic rings. The summed E-state index contributed by atoms with van der Waals surface area (Å²) in [5.41, 5.74) is 16.1. The smallest absolute Gasteiger partial charge is 0.332 e. The van der Waals surface area contributed by atoms with Gasteiger partial charge in [0.1, 0.15) is 0 Å². The highest BCUT2D eigenvalue weighted by molar-refractivity contribution is 6.05. The second-order valence-corrected chi connectivity index (χ2v) is 12.8. The van der Waals surface area contributed by atoms with Gasteiger partial charge in [0.25, 0.3) is 0 Å². The first-order valence-corrected chi connectivity index (χ1v) is 16.5. The number of rotatable bonds is 6. The summed E-state index contributed by atoms with van der Waals surface area (Å²) < 4.78 is 0. The van der Waals surface area contributed by atoms with Gasteiger partial charge in [-0.05, 0) is 121 Å². The largest absolute Gasteiger partial charge is 0.478 e. The third-order valence-corrected chi connectivity index (χ3v) is 10.6. The summed E-state index contributed by atoms with van der Waals surface area (Å²) in [7, 11) is 0. The number of nitrogens with zero attached hydrogens (tertiary/aromatic N) is 2. The molecule has 2 unspecified atom stereocenters. The zero-order valence-corrected chi connectivity index (χ0v) is 27.3. The number of hydrogen-bond donors (Lipinski definition) is 4. The van der Waals surface area contributed by atoms with Crippen LogP contribution in [-0.2, 0) is 22.4 Å². The van der Waals surface area contributed by atoms with Gasteiger partial charge in [0.15, 0.2) is 0 Å². The second kappa shape index (κ2) is 11.0. The Morgan fingerprint density at radius 2 is 1.00 bits per heavy atom. The third-order valence-electron chi connectivity index (χ3n) is 10.6. The average Bonchev–Trinajstić information content (AvgIpc) is 3.74. The molecule has 3 aromatic heterocycles. The van der Waals surface area contributed by atoms with E-state index in [2.05, 4.69) is 63.6 Å². The maximum atomic E-state index is 12.6. The van der Waals surface area contributed by atoms with Gasteiger partial charge in [-0.3, -0.25) is 0 Å². The summed E-state index contributed by atoms with van der Waals surface area (Å²) in [5, 5.41) is 20.5. The van der Waals surface area contributed by atoms with Crippen molar-refractivity contribution in [3.05, 3.63) is 80.4 Å². The summed E-state index contributed by atoms with van der Waals surface area (Å²) in [6, 6.07) is 8.43. The van der Waals surface area contributed by atoms with E-state index in [-0.39, 0.29) is 11.1 Å². The Balaban J connectivity index is 1.67. The minimum absolute atomic E-state index is 0.00621. The van der Waals surface area contributed by atoms with Crippen molar-refractivity contribution in [2.75, 3.05) is 0 Å². The number of aliphatic carboxylic acids is 2. The number of fused-ring (bicyclic) bond motifs is 9. The first-order chi connectivity index (χ1) is 22.1. The number of H-pyrrole nitrogens is 2. The molecule has 0 amide bonds. The van der Waals surface area contributed by atoms with Gasteiger partial charge in [0.2, 0.25) is 0 Å². The number of carbonyl (C=O) groups is 2. The zero-order valence-electron chi connectivity index (χ0n) is 27.3. The molecule has 8 nitrogen and oxygen atoms in total. The van der Waals surface area contributed by atoms with Crippen LogP contribution in [0.3, 0.4) is 0 Å². The fourth-order valence-electron chi connectivity index (χ4n) is 8.54. The lowest BCUT2D eigenvalue weighted by Gasteiger charge is -2.37. The first-order valence-electron chi connectivity index (χ1n) is 16.5. The first kappa shape index (κ1) is 30.0. The van der Waals surface area contributed by atoms with Crippen molar-refractivity contribution in [3.63, 3.8) is 0 Å². The number of aromatic nitrogens is 4. The van der Waals surface area contributed by atoms with Crippen LogP contribution in [0.25, 0.3) is 44.4 Å². The lowest BCUT2D eigenvalue weighted by atomic mass is 9.64. The second-order valence-electron chi connectivity index (χ2n) is 12.8. The fraction of sp³-hybridized carbons (Fsp3) is 0.368. The molecule has 0 fully saturated rings. The number of allylic oxidation sites excluding steroid dienone is 4. The lowest BCUT2D eigenvalue weighted by molar-refractivity contribution is -0.136. The zero-order chi connectivity index (χ0) is 32.6. The molecule has 0 saturated carbocycles. The van der Waals surface area contributed by atoms with Crippen molar-refractivity contribution >= 4 is 56.3 Å². The molecule has 2 aliphatic heterocycles. The van der Waals surface area contributed by atoms with E-state index in [9.17, 15) is 19.8 Å². The lowest BCUT2D eigenvalue weighted by Crippen LogP contribution is -2.31. The van der Waals surface area contributed by atoms with Crippen LogP contribution < -0.4 is 0 Å². The molecule has 0 radical (unpaired) electrons. The molecule has 0 saturated heterocycles. The Hall–Kier alpha value is -4.72. The minimum Gasteiger partial charge on any atom is -0.478 e. The van der Waals surface area contributed by atoms with Gasteiger partial charge in [-0.15, -0.1) is 0 Å². The van der Waals surface area contributed by atoms with Crippen LogP contribution in [0.5, 0.6) is 0 Å². The average molecular weight is 617 g/mol. The highest BCUT2D eigenvalue weighted by Gasteiger charge is 2.46. The van der Waals surface area contributed by atoms with E-state index in [1.807, 2.05) is 12.1 Å². The Kier molecular flexibility index (Phi) is 7.14. The molecule has 5 heterocycles. The number of carboxylic acid groups (broad SMARTS) is 2. The van der Waals surface area contributed by atoms with Gasteiger partial charge in [0, 0.05) is 33.9 Å². The van der Waals surface area contributed by atoms with E-state index in [4.69, 9.17) is 9.97 Å². The van der Waals surface area contributed by atoms with E-state index in [1.165, 1.54) is 22.3 Å². The molecule has 4 N–H and O–H groups in total. The predicted octanol–water partition coefficient (Wildman–Crippen LogP) is 8.56. The van der Waals surface area contributed by atoms with Crippen LogP contribution >= 0.6 is 0 Å². The van der Waals surface area contributed by atoms with Crippen LogP contribution in [0.2, 0.25) is 0 Å². The number of aryl methyl sites for hydroxylation is 2. The molecule has 8 rings (SSSR count). The quantitative estimate of drug-likeness (QED) is 0.219. The maximum absolute atomic E-state index is 12.6. The Bertz CT molecular complexity index is 1990. The normalized spacial score (nSPS) is 18.9. The van der Waals surface area contributed by atoms with Gasteiger partial charge in [-0.25, -0.2) is 19.6 Å². The predicted molar refractivity (Wildman–Crippen MR) is 182 cm³/mol. The summed E-state index contributed by atoms with van der Waals surface area (Å²) in [4.78, 5) is 42.8. The number of carboxylic acids is 2. The highest BCUT2D eigenvalue weighted by atomic mass is 16.4. The fourth-order valence-corrected chi connectivity index (χ4v) is 8.54. The molecule has 8 heteroatoms. The molecule has 2 atom stereocenters. The van der Waals surface area contributed by atoms with E-state index >= 15 is 0 Å². The van der Waals surface area contributed by atoms with Crippen molar-refractivity contribution < 1.29 is 19.8 Å². The van der Waals surface area contributed by atoms with Gasteiger partial charge < -0.3 is 20.2 Å². The molecular weight excluding hydrogens is 576 g/mol. The monoisotopic (exact) mass is 616 g/mol. The summed E-state index contributed by atoms with van der Waals surface area (Å²) in [6.45, 7) is 12.9. The molecule has 46 heavy (non-hydrogen) atoms. The molecule has 0 aromatic carbocycles. The number of nitrogens with one attached hydrogen (secondary N) is 2. The van der Waals surface area contributed by atoms with Gasteiger partial charge in [-0.1, -0.05) is 27.7 Å². The van der Waals surface area contributed by atoms with E-state index < -0.39 is 23.8 Å². The third kappa shape index (κ3) is 4.26. The van der Waals surface area contributed by atoms with Crippen LogP contribution in [0.1, 0.15) is 124 Å². The summed E-state index contributed by atoms with van der Waals surface area (Å²) >= 11 is 0. The highest BCUT2D eigenvalue weighted by Crippen LogP contribution is 2.55. The maximum Gasteiger partial charge on any atom is 0.332 e. The van der Waals surface area contributed by atoms with Crippen LogP contribution in [0.15, 0.2) is 35.4 Å². The van der Waals surface area contributed by atoms with Crippen molar-refractivity contribution in [2.24, 2.45) is 0 Å². The SMILES string of the molecule is CCC1=C(C)c2cc3[nH]c(cc4nc(cc5[nH]c(cc1n2)c(CC)c5CC)C(CC)=C4C)c1c3C2CCC1C(C(=O)O)=C2C(=O)O. The molecule has 3 aliphatic carbocycles. The van der Waals surface area contributed by atoms with Crippen molar-refractivity contribution in [2.45, 2.75) is 91.9 Å². The summed E-state index contributed by atoms with van der Waals surface area (Å²) in [5.74, 6) is -3.37. The molecule has 10 bridgehead atoms. The van der Waals surface area contributed by atoms with E-state index in [0.29, 0.717) is 12.8 Å². The Morgan fingerprint density at radius 3 is 1.35 bits per heavy atom. The number of hydrogen-bond acceptors (Lipinski definition) is 4. The number of aromatic amines is 2. The van der Waals surface area contributed by atoms with Crippen LogP contribution in [0, 0.1) is 0 Å². The van der Waals surface area contributed by atoms with E-state index in [1.54, 1.807) is 0 Å². The summed E-state index contributed by atoms with van der Waals surface area (Å²) in [6.07, 6.45) is 4.60. The van der Waals surface area contributed by atoms with Crippen LogP contribution in [-0.4, -0.2) is 42.1 Å².